The number of hydrogen-bond donors (Lipinski definition) is 2. The molecule has 1 aliphatic rings. The molecule has 29 heavy (non-hydrogen) atoms. The van der Waals surface area contributed by atoms with Gasteiger partial charge in [-0.05, 0) is 50.2 Å². The summed E-state index contributed by atoms with van der Waals surface area (Å²) in [5.74, 6) is 7.52. The monoisotopic (exact) mass is 400 g/mol. The molecule has 1 atom stereocenters. The third-order valence-electron chi connectivity index (χ3n) is 5.60. The van der Waals surface area contributed by atoms with E-state index in [9.17, 15) is 10.2 Å². The maximum Gasteiger partial charge on any atom is 0.200 e. The third kappa shape index (κ3) is 8.03. The number of methoxy groups -OCH3 is 2. The van der Waals surface area contributed by atoms with Crippen LogP contribution in [0.5, 0.6) is 17.2 Å². The van der Waals surface area contributed by atoms with Gasteiger partial charge in [0.05, 0.1) is 20.3 Å². The summed E-state index contributed by atoms with van der Waals surface area (Å²) in [5, 5.41) is 20.1. The highest BCUT2D eigenvalue weighted by Crippen LogP contribution is 2.36. The lowest BCUT2D eigenvalue weighted by molar-refractivity contribution is 0.125. The van der Waals surface area contributed by atoms with E-state index in [4.69, 9.17) is 9.47 Å². The summed E-state index contributed by atoms with van der Waals surface area (Å²) < 4.78 is 10.3. The number of allylic oxidation sites excluding steroid dienone is 1. The Morgan fingerprint density at radius 1 is 1.03 bits per heavy atom. The fraction of sp³-hybridized carbons (Fsp3) is 0.600. The zero-order valence-electron chi connectivity index (χ0n) is 18.0. The number of phenols is 1. The Kier molecular flexibility index (Phi) is 10.5. The molecule has 0 aromatic heterocycles. The van der Waals surface area contributed by atoms with E-state index >= 15 is 0 Å². The quantitative estimate of drug-likeness (QED) is 0.305. The second-order valence-corrected chi connectivity index (χ2v) is 7.80. The molecule has 2 N–H and O–H groups in total. The smallest absolute Gasteiger partial charge is 0.200 e. The van der Waals surface area contributed by atoms with E-state index in [2.05, 4.69) is 17.9 Å². The summed E-state index contributed by atoms with van der Waals surface area (Å²) in [5.41, 5.74) is 0.776. The lowest BCUT2D eigenvalue weighted by atomic mass is 9.85. The summed E-state index contributed by atoms with van der Waals surface area (Å²) in [7, 11) is 3.02. The summed E-state index contributed by atoms with van der Waals surface area (Å²) >= 11 is 0. The maximum absolute atomic E-state index is 10.2. The number of benzene rings is 1. The normalized spacial score (nSPS) is 15.7. The van der Waals surface area contributed by atoms with Gasteiger partial charge in [0.15, 0.2) is 11.5 Å². The molecule has 1 fully saturated rings. The molecule has 0 radical (unpaired) electrons. The molecule has 1 aromatic rings. The Hall–Kier alpha value is -2.12. The van der Waals surface area contributed by atoms with E-state index in [0.29, 0.717) is 17.4 Å². The van der Waals surface area contributed by atoms with Crippen molar-refractivity contribution in [1.82, 2.24) is 0 Å². The Labute approximate surface area is 175 Å². The van der Waals surface area contributed by atoms with Crippen LogP contribution in [-0.4, -0.2) is 30.5 Å². The minimum Gasteiger partial charge on any atom is -0.502 e. The lowest BCUT2D eigenvalue weighted by Crippen LogP contribution is -2.20. The summed E-state index contributed by atoms with van der Waals surface area (Å²) in [6, 6.07) is 3.44. The molecule has 0 spiro atoms. The van der Waals surface area contributed by atoms with Gasteiger partial charge < -0.3 is 19.7 Å². The van der Waals surface area contributed by atoms with Crippen LogP contribution in [0.1, 0.15) is 76.2 Å². The van der Waals surface area contributed by atoms with Gasteiger partial charge in [-0.2, -0.15) is 0 Å². The second kappa shape index (κ2) is 13.2. The Morgan fingerprint density at radius 2 is 1.69 bits per heavy atom. The number of hydrogen-bond acceptors (Lipinski definition) is 4. The molecule has 2 rings (SSSR count). The number of aromatic hydroxyl groups is 1. The fourth-order valence-electron chi connectivity index (χ4n) is 3.83. The average Bonchev–Trinajstić information content (AvgIpc) is 2.76. The Bertz CT molecular complexity index is 668. The molecule has 0 aliphatic heterocycles. The van der Waals surface area contributed by atoms with Gasteiger partial charge >= 0.3 is 0 Å². The van der Waals surface area contributed by atoms with Crippen molar-refractivity contribution >= 4 is 0 Å². The molecular formula is C25H36O4. The van der Waals surface area contributed by atoms with Crippen molar-refractivity contribution in [3.63, 3.8) is 0 Å². The zero-order valence-corrected chi connectivity index (χ0v) is 18.0. The Morgan fingerprint density at radius 3 is 2.34 bits per heavy atom. The van der Waals surface area contributed by atoms with Crippen molar-refractivity contribution in [3.05, 3.63) is 29.8 Å². The lowest BCUT2D eigenvalue weighted by Gasteiger charge is -2.24. The molecule has 4 heteroatoms. The number of aliphatic hydroxyl groups is 1. The standard InChI is InChI=1S/C25H36O4/c1-28-23-18-20(19-24(29-2)25(23)27)14-10-7-5-3-4-6-8-13-17-22(26)21-15-11-9-12-16-21/h13,17-19,21-22,26-27H,3-9,11-12,15-16H2,1-2H3/b17-13+. The van der Waals surface area contributed by atoms with Gasteiger partial charge in [0.2, 0.25) is 5.75 Å². The van der Waals surface area contributed by atoms with Crippen LogP contribution in [0.25, 0.3) is 0 Å². The summed E-state index contributed by atoms with van der Waals surface area (Å²) in [6.45, 7) is 0. The van der Waals surface area contributed by atoms with Gasteiger partial charge in [0.25, 0.3) is 0 Å². The molecule has 1 aromatic carbocycles. The number of rotatable bonds is 10. The fourth-order valence-corrected chi connectivity index (χ4v) is 3.83. The zero-order chi connectivity index (χ0) is 20.9. The molecule has 0 heterocycles. The molecule has 0 amide bonds. The first-order valence-corrected chi connectivity index (χ1v) is 10.9. The van der Waals surface area contributed by atoms with Crippen LogP contribution in [0.2, 0.25) is 0 Å². The molecule has 1 aliphatic carbocycles. The van der Waals surface area contributed by atoms with Gasteiger partial charge in [-0.1, -0.05) is 56.1 Å². The van der Waals surface area contributed by atoms with Crippen molar-refractivity contribution in [1.29, 1.82) is 0 Å². The van der Waals surface area contributed by atoms with Crippen molar-refractivity contribution in [2.45, 2.75) is 76.7 Å². The largest absolute Gasteiger partial charge is 0.502 e. The van der Waals surface area contributed by atoms with E-state index in [-0.39, 0.29) is 11.9 Å². The van der Waals surface area contributed by atoms with Crippen LogP contribution in [0.4, 0.5) is 0 Å². The predicted octanol–water partition coefficient (Wildman–Crippen LogP) is 5.60. The highest BCUT2D eigenvalue weighted by atomic mass is 16.5. The van der Waals surface area contributed by atoms with Crippen LogP contribution >= 0.6 is 0 Å². The summed E-state index contributed by atoms with van der Waals surface area (Å²) in [6.07, 6.45) is 16.6. The predicted molar refractivity (Wildman–Crippen MR) is 118 cm³/mol. The highest BCUT2D eigenvalue weighted by Gasteiger charge is 2.19. The maximum atomic E-state index is 10.2. The van der Waals surface area contributed by atoms with Crippen LogP contribution in [0.15, 0.2) is 24.3 Å². The number of phenolic OH excluding ortho intramolecular Hbond substituents is 1. The van der Waals surface area contributed by atoms with E-state index in [1.54, 1.807) is 12.1 Å². The molecule has 0 bridgehead atoms. The van der Waals surface area contributed by atoms with E-state index in [0.717, 1.165) is 37.7 Å². The summed E-state index contributed by atoms with van der Waals surface area (Å²) in [4.78, 5) is 0. The van der Waals surface area contributed by atoms with Gasteiger partial charge in [0, 0.05) is 12.0 Å². The van der Waals surface area contributed by atoms with E-state index < -0.39 is 0 Å². The topological polar surface area (TPSA) is 58.9 Å². The molecular weight excluding hydrogens is 364 g/mol. The van der Waals surface area contributed by atoms with Crippen LogP contribution in [0.3, 0.4) is 0 Å². The van der Waals surface area contributed by atoms with Crippen LogP contribution in [0, 0.1) is 17.8 Å². The molecule has 160 valence electrons. The van der Waals surface area contributed by atoms with Crippen LogP contribution in [-0.2, 0) is 0 Å². The molecule has 0 saturated heterocycles. The Balaban J connectivity index is 1.60. The molecule has 4 nitrogen and oxygen atoms in total. The van der Waals surface area contributed by atoms with Crippen molar-refractivity contribution in [3.8, 4) is 29.1 Å². The first kappa shape index (κ1) is 23.2. The van der Waals surface area contributed by atoms with Gasteiger partial charge in [-0.15, -0.1) is 0 Å². The number of aliphatic hydroxyl groups excluding tert-OH is 1. The van der Waals surface area contributed by atoms with Crippen molar-refractivity contribution in [2.75, 3.05) is 14.2 Å². The van der Waals surface area contributed by atoms with Gasteiger partial charge in [-0.3, -0.25) is 0 Å². The molecule has 1 saturated carbocycles. The van der Waals surface area contributed by atoms with E-state index in [1.807, 2.05) is 6.08 Å². The number of unbranched alkanes of at least 4 members (excludes halogenated alkanes) is 5. The molecule has 1 unspecified atom stereocenters. The second-order valence-electron chi connectivity index (χ2n) is 7.80. The van der Waals surface area contributed by atoms with Crippen molar-refractivity contribution < 1.29 is 19.7 Å². The highest BCUT2D eigenvalue weighted by molar-refractivity contribution is 5.56. The minimum atomic E-state index is -0.247. The van der Waals surface area contributed by atoms with Gasteiger partial charge in [0.1, 0.15) is 0 Å². The SMILES string of the molecule is COc1cc(C#CCCCCCC/C=C/C(O)C2CCCCC2)cc(OC)c1O. The van der Waals surface area contributed by atoms with Crippen molar-refractivity contribution in [2.24, 2.45) is 5.92 Å². The first-order valence-electron chi connectivity index (χ1n) is 10.9. The third-order valence-corrected chi connectivity index (χ3v) is 5.60. The van der Waals surface area contributed by atoms with Crippen LogP contribution < -0.4 is 9.47 Å². The van der Waals surface area contributed by atoms with Gasteiger partial charge in [-0.25, -0.2) is 0 Å². The van der Waals surface area contributed by atoms with E-state index in [1.165, 1.54) is 52.7 Å². The average molecular weight is 401 g/mol. The first-order chi connectivity index (χ1) is 14.2. The minimum absolute atomic E-state index is 0.000796. The number of ether oxygens (including phenoxy) is 2.